The molecule has 0 saturated carbocycles. The van der Waals surface area contributed by atoms with E-state index in [2.05, 4.69) is 4.98 Å². The first kappa shape index (κ1) is 16.0. The van der Waals surface area contributed by atoms with Crippen molar-refractivity contribution >= 4 is 26.9 Å². The Labute approximate surface area is 135 Å². The predicted octanol–water partition coefficient (Wildman–Crippen LogP) is 2.74. The molecule has 0 aliphatic carbocycles. The number of H-pyrrole nitrogens is 1. The molecule has 0 unspecified atom stereocenters. The van der Waals surface area contributed by atoms with Crippen LogP contribution in [0, 0.1) is 6.92 Å². The van der Waals surface area contributed by atoms with E-state index in [0.717, 1.165) is 25.7 Å². The van der Waals surface area contributed by atoms with Crippen LogP contribution in [0.3, 0.4) is 0 Å². The molecule has 6 nitrogen and oxygen atoms in total. The molecular formula is C16H20N2O4S. The molecule has 1 aromatic heterocycles. The molecule has 1 aliphatic rings. The van der Waals surface area contributed by atoms with Crippen molar-refractivity contribution in [2.45, 2.75) is 37.5 Å². The lowest BCUT2D eigenvalue weighted by molar-refractivity contribution is 0.0690. The van der Waals surface area contributed by atoms with E-state index in [4.69, 9.17) is 0 Å². The average molecular weight is 336 g/mol. The quantitative estimate of drug-likeness (QED) is 0.902. The monoisotopic (exact) mass is 336 g/mol. The summed E-state index contributed by atoms with van der Waals surface area (Å²) in [5, 5.41) is 9.81. The number of hydrogen-bond donors (Lipinski definition) is 2. The topological polar surface area (TPSA) is 90.5 Å². The minimum absolute atomic E-state index is 0.101. The van der Waals surface area contributed by atoms with Crippen LogP contribution in [0.1, 0.15) is 41.7 Å². The first-order valence-electron chi connectivity index (χ1n) is 7.77. The van der Waals surface area contributed by atoms with E-state index < -0.39 is 16.0 Å². The van der Waals surface area contributed by atoms with Crippen molar-refractivity contribution in [1.29, 1.82) is 0 Å². The molecule has 2 aromatic rings. The molecule has 7 heteroatoms. The maximum atomic E-state index is 12.8. The second-order valence-corrected chi connectivity index (χ2v) is 7.89. The van der Waals surface area contributed by atoms with Crippen LogP contribution in [0.25, 0.3) is 10.9 Å². The number of carboxylic acid groups (broad SMARTS) is 1. The highest BCUT2D eigenvalue weighted by atomic mass is 32.2. The Kier molecular flexibility index (Phi) is 4.16. The molecule has 1 aromatic carbocycles. The Morgan fingerprint density at radius 2 is 1.83 bits per heavy atom. The maximum absolute atomic E-state index is 12.8. The van der Waals surface area contributed by atoms with E-state index in [-0.39, 0.29) is 10.6 Å². The molecule has 1 saturated heterocycles. The van der Waals surface area contributed by atoms with Crippen LogP contribution in [-0.4, -0.2) is 41.9 Å². The Bertz CT molecular complexity index is 846. The van der Waals surface area contributed by atoms with E-state index in [1.807, 2.05) is 0 Å². The van der Waals surface area contributed by atoms with Gasteiger partial charge in [0.2, 0.25) is 10.0 Å². The smallest absolute Gasteiger partial charge is 0.352 e. The lowest BCUT2D eigenvalue weighted by Crippen LogP contribution is -2.31. The Hall–Kier alpha value is -1.86. The lowest BCUT2D eigenvalue weighted by atomic mass is 10.1. The fourth-order valence-electron chi connectivity index (χ4n) is 3.11. The van der Waals surface area contributed by atoms with E-state index in [0.29, 0.717) is 29.6 Å². The highest BCUT2D eigenvalue weighted by Gasteiger charge is 2.26. The van der Waals surface area contributed by atoms with E-state index >= 15 is 0 Å². The van der Waals surface area contributed by atoms with Gasteiger partial charge in [0.15, 0.2) is 0 Å². The summed E-state index contributed by atoms with van der Waals surface area (Å²) >= 11 is 0. The Balaban J connectivity index is 2.05. The predicted molar refractivity (Wildman–Crippen MR) is 87.2 cm³/mol. The minimum Gasteiger partial charge on any atom is -0.477 e. The number of benzene rings is 1. The van der Waals surface area contributed by atoms with Crippen LogP contribution in [0.15, 0.2) is 23.1 Å². The van der Waals surface area contributed by atoms with Crippen molar-refractivity contribution in [3.8, 4) is 0 Å². The fourth-order valence-corrected chi connectivity index (χ4v) is 4.65. The van der Waals surface area contributed by atoms with Crippen LogP contribution in [-0.2, 0) is 10.0 Å². The van der Waals surface area contributed by atoms with Gasteiger partial charge in [-0.1, -0.05) is 12.8 Å². The molecule has 2 heterocycles. The summed E-state index contributed by atoms with van der Waals surface area (Å²) in [5.74, 6) is -1.05. The molecule has 23 heavy (non-hydrogen) atoms. The molecule has 3 rings (SSSR count). The molecule has 0 spiro atoms. The number of fused-ring (bicyclic) bond motifs is 1. The number of sulfonamides is 1. The van der Waals surface area contributed by atoms with Gasteiger partial charge in [0.25, 0.3) is 0 Å². The Morgan fingerprint density at radius 3 is 2.43 bits per heavy atom. The van der Waals surface area contributed by atoms with Gasteiger partial charge in [-0.2, -0.15) is 4.31 Å². The molecule has 1 fully saturated rings. The number of carboxylic acids is 1. The Morgan fingerprint density at radius 1 is 1.17 bits per heavy atom. The molecule has 0 amide bonds. The number of nitrogens with one attached hydrogen (secondary N) is 1. The molecule has 2 N–H and O–H groups in total. The summed E-state index contributed by atoms with van der Waals surface area (Å²) in [6.07, 6.45) is 3.88. The van der Waals surface area contributed by atoms with Gasteiger partial charge in [-0.15, -0.1) is 0 Å². The first-order valence-corrected chi connectivity index (χ1v) is 9.21. The molecular weight excluding hydrogens is 316 g/mol. The summed E-state index contributed by atoms with van der Waals surface area (Å²) in [6.45, 7) is 2.78. The zero-order valence-electron chi connectivity index (χ0n) is 13.0. The van der Waals surface area contributed by atoms with Crippen LogP contribution < -0.4 is 0 Å². The summed E-state index contributed by atoms with van der Waals surface area (Å²) in [4.78, 5) is 14.3. The number of carbonyl (C=O) groups is 1. The number of aromatic amines is 1. The van der Waals surface area contributed by atoms with Crippen molar-refractivity contribution in [1.82, 2.24) is 9.29 Å². The van der Waals surface area contributed by atoms with E-state index in [9.17, 15) is 18.3 Å². The number of rotatable bonds is 3. The van der Waals surface area contributed by atoms with Crippen LogP contribution in [0.5, 0.6) is 0 Å². The van der Waals surface area contributed by atoms with Crippen LogP contribution >= 0.6 is 0 Å². The van der Waals surface area contributed by atoms with Crippen molar-refractivity contribution < 1.29 is 18.3 Å². The molecule has 1 aliphatic heterocycles. The summed E-state index contributed by atoms with van der Waals surface area (Å²) in [6, 6.07) is 4.76. The van der Waals surface area contributed by atoms with Gasteiger partial charge in [0, 0.05) is 24.0 Å². The zero-order valence-corrected chi connectivity index (χ0v) is 13.8. The van der Waals surface area contributed by atoms with E-state index in [1.165, 1.54) is 0 Å². The molecule has 0 radical (unpaired) electrons. The summed E-state index contributed by atoms with van der Waals surface area (Å²) in [5.41, 5.74) is 1.29. The average Bonchev–Trinajstić information content (AvgIpc) is 2.70. The highest BCUT2D eigenvalue weighted by molar-refractivity contribution is 7.89. The molecule has 124 valence electrons. The number of hydrogen-bond acceptors (Lipinski definition) is 3. The van der Waals surface area contributed by atoms with Gasteiger partial charge in [-0.3, -0.25) is 0 Å². The third-order valence-electron chi connectivity index (χ3n) is 4.45. The van der Waals surface area contributed by atoms with Crippen molar-refractivity contribution in [3.05, 3.63) is 29.5 Å². The lowest BCUT2D eigenvalue weighted by Gasteiger charge is -2.20. The molecule has 0 bridgehead atoms. The maximum Gasteiger partial charge on any atom is 0.352 e. The number of aromatic carboxylic acids is 1. The van der Waals surface area contributed by atoms with Crippen LogP contribution in [0.2, 0.25) is 0 Å². The number of aryl methyl sites for hydroxylation is 1. The SMILES string of the molecule is Cc1c(C(=O)O)[nH]c2ccc(S(=O)(=O)N3CCCCCC3)cc12. The summed E-state index contributed by atoms with van der Waals surface area (Å²) in [7, 11) is -3.53. The second-order valence-electron chi connectivity index (χ2n) is 5.96. The third kappa shape index (κ3) is 2.86. The van der Waals surface area contributed by atoms with Gasteiger partial charge in [0.1, 0.15) is 5.69 Å². The van der Waals surface area contributed by atoms with Crippen LogP contribution in [0.4, 0.5) is 0 Å². The largest absolute Gasteiger partial charge is 0.477 e. The van der Waals surface area contributed by atoms with Gasteiger partial charge in [0.05, 0.1) is 4.90 Å². The first-order chi connectivity index (χ1) is 10.9. The van der Waals surface area contributed by atoms with E-state index in [1.54, 1.807) is 29.4 Å². The minimum atomic E-state index is -3.53. The van der Waals surface area contributed by atoms with Crippen molar-refractivity contribution in [2.24, 2.45) is 0 Å². The fraction of sp³-hybridized carbons (Fsp3) is 0.438. The van der Waals surface area contributed by atoms with Crippen molar-refractivity contribution in [3.63, 3.8) is 0 Å². The number of nitrogens with zero attached hydrogens (tertiary/aromatic N) is 1. The van der Waals surface area contributed by atoms with Gasteiger partial charge < -0.3 is 10.1 Å². The van der Waals surface area contributed by atoms with Gasteiger partial charge in [-0.25, -0.2) is 13.2 Å². The summed E-state index contributed by atoms with van der Waals surface area (Å²) < 4.78 is 27.2. The van der Waals surface area contributed by atoms with Gasteiger partial charge >= 0.3 is 5.97 Å². The second kappa shape index (κ2) is 5.98. The zero-order chi connectivity index (χ0) is 16.6. The molecule has 0 atom stereocenters. The highest BCUT2D eigenvalue weighted by Crippen LogP contribution is 2.27. The number of aromatic nitrogens is 1. The third-order valence-corrected chi connectivity index (χ3v) is 6.34. The van der Waals surface area contributed by atoms with Crippen molar-refractivity contribution in [2.75, 3.05) is 13.1 Å². The van der Waals surface area contributed by atoms with Gasteiger partial charge in [-0.05, 0) is 43.5 Å². The standard InChI is InChI=1S/C16H20N2O4S/c1-11-13-10-12(6-7-14(13)17-15(11)16(19)20)23(21,22)18-8-4-2-3-5-9-18/h6-7,10,17H,2-5,8-9H2,1H3,(H,19,20). The normalized spacial score (nSPS) is 17.3.